The van der Waals surface area contributed by atoms with Gasteiger partial charge in [-0.3, -0.25) is 9.69 Å². The van der Waals surface area contributed by atoms with E-state index in [4.69, 9.17) is 10.5 Å². The fourth-order valence-electron chi connectivity index (χ4n) is 5.32. The Balaban J connectivity index is 1.27. The van der Waals surface area contributed by atoms with Gasteiger partial charge in [-0.25, -0.2) is 13.8 Å². The second-order valence-electron chi connectivity index (χ2n) is 9.95. The number of nitriles is 1. The Labute approximate surface area is 231 Å². The molecule has 9 nitrogen and oxygen atoms in total. The van der Waals surface area contributed by atoms with Crippen molar-refractivity contribution in [3.63, 3.8) is 0 Å². The molecule has 0 aliphatic carbocycles. The minimum absolute atomic E-state index is 0.0634. The molecule has 4 N–H and O–H groups in total. The molecule has 2 fully saturated rings. The Morgan fingerprint density at radius 2 is 1.80 bits per heavy atom. The highest BCUT2D eigenvalue weighted by Gasteiger charge is 2.27. The number of pyridine rings is 1. The molecule has 0 atom stereocenters. The third kappa shape index (κ3) is 6.47. The van der Waals surface area contributed by atoms with E-state index in [0.717, 1.165) is 64.0 Å². The molecule has 2 aliphatic rings. The second kappa shape index (κ2) is 12.3. The van der Waals surface area contributed by atoms with Gasteiger partial charge >= 0.3 is 0 Å². The molecule has 0 bridgehead atoms. The monoisotopic (exact) mass is 547 g/mol. The first-order chi connectivity index (χ1) is 19.4. The Morgan fingerprint density at radius 1 is 1.07 bits per heavy atom. The highest BCUT2D eigenvalue weighted by Crippen LogP contribution is 2.30. The molecule has 0 spiro atoms. The molecule has 208 valence electrons. The highest BCUT2D eigenvalue weighted by atomic mass is 19.1. The van der Waals surface area contributed by atoms with Gasteiger partial charge in [0.25, 0.3) is 5.91 Å². The van der Waals surface area contributed by atoms with Crippen LogP contribution >= 0.6 is 0 Å². The number of nitrogens with two attached hydrogens (primary N) is 1. The predicted octanol–water partition coefficient (Wildman–Crippen LogP) is 3.99. The third-order valence-corrected chi connectivity index (χ3v) is 7.33. The zero-order valence-corrected chi connectivity index (χ0v) is 22.0. The van der Waals surface area contributed by atoms with Crippen molar-refractivity contribution in [2.45, 2.75) is 25.4 Å². The topological polar surface area (TPSA) is 120 Å². The lowest BCUT2D eigenvalue weighted by Crippen LogP contribution is -2.49. The van der Waals surface area contributed by atoms with Gasteiger partial charge in [-0.15, -0.1) is 0 Å². The molecular weight excluding hydrogens is 516 g/mol. The lowest BCUT2D eigenvalue weighted by Gasteiger charge is -2.41. The van der Waals surface area contributed by atoms with Crippen LogP contribution in [0.15, 0.2) is 48.7 Å². The number of amides is 1. The first kappa shape index (κ1) is 27.3. The van der Waals surface area contributed by atoms with E-state index in [9.17, 15) is 18.8 Å². The average molecular weight is 548 g/mol. The quantitative estimate of drug-likeness (QED) is 0.387. The number of halogens is 2. The maximum absolute atomic E-state index is 13.6. The molecule has 5 rings (SSSR count). The van der Waals surface area contributed by atoms with Crippen molar-refractivity contribution in [1.82, 2.24) is 9.88 Å². The van der Waals surface area contributed by atoms with E-state index in [2.05, 4.69) is 31.5 Å². The Kier molecular flexibility index (Phi) is 8.38. The van der Waals surface area contributed by atoms with Crippen LogP contribution in [0.5, 0.6) is 0 Å². The summed E-state index contributed by atoms with van der Waals surface area (Å²) in [5.41, 5.74) is 8.46. The first-order valence-electron chi connectivity index (χ1n) is 13.3. The number of primary amides is 1. The summed E-state index contributed by atoms with van der Waals surface area (Å²) >= 11 is 0. The van der Waals surface area contributed by atoms with Gasteiger partial charge in [0, 0.05) is 62.8 Å². The zero-order valence-electron chi connectivity index (χ0n) is 22.0. The van der Waals surface area contributed by atoms with Crippen LogP contribution in [-0.2, 0) is 11.3 Å². The van der Waals surface area contributed by atoms with Crippen LogP contribution in [0.1, 0.15) is 34.3 Å². The number of nitrogens with zero attached hydrogens (tertiary/aromatic N) is 4. The molecule has 3 heterocycles. The molecule has 11 heteroatoms. The number of carbonyl (C=O) groups excluding carboxylic acids is 1. The molecule has 1 amide bonds. The van der Waals surface area contributed by atoms with Crippen LogP contribution in [0, 0.1) is 23.0 Å². The molecule has 3 aromatic rings. The summed E-state index contributed by atoms with van der Waals surface area (Å²) in [5.74, 6) is -1.68. The summed E-state index contributed by atoms with van der Waals surface area (Å²) in [6.45, 7) is 5.35. The number of benzene rings is 2. The lowest BCUT2D eigenvalue weighted by atomic mass is 10.0. The number of anilines is 4. The van der Waals surface area contributed by atoms with Crippen LogP contribution in [0.4, 0.5) is 31.7 Å². The number of aromatic nitrogens is 1. The number of ether oxygens (including phenoxy) is 1. The van der Waals surface area contributed by atoms with Gasteiger partial charge in [0.15, 0.2) is 0 Å². The molecule has 2 aliphatic heterocycles. The van der Waals surface area contributed by atoms with Crippen LogP contribution < -0.4 is 21.3 Å². The predicted molar refractivity (Wildman–Crippen MR) is 149 cm³/mol. The second-order valence-corrected chi connectivity index (χ2v) is 9.95. The molecule has 1 aromatic heterocycles. The average Bonchev–Trinajstić information content (AvgIpc) is 2.96. The van der Waals surface area contributed by atoms with Crippen LogP contribution in [0.2, 0.25) is 0 Å². The fraction of sp³-hybridized carbons (Fsp3) is 0.345. The van der Waals surface area contributed by atoms with E-state index in [1.165, 1.54) is 18.3 Å². The lowest BCUT2D eigenvalue weighted by molar-refractivity contribution is 0.0115. The fourth-order valence-corrected chi connectivity index (χ4v) is 5.32. The van der Waals surface area contributed by atoms with Gasteiger partial charge in [-0.05, 0) is 48.7 Å². The molecule has 0 unspecified atom stereocenters. The summed E-state index contributed by atoms with van der Waals surface area (Å²) in [4.78, 5) is 21.0. The van der Waals surface area contributed by atoms with E-state index >= 15 is 0 Å². The minimum Gasteiger partial charge on any atom is -0.380 e. The van der Waals surface area contributed by atoms with Crippen molar-refractivity contribution in [3.05, 3.63) is 77.0 Å². The van der Waals surface area contributed by atoms with Gasteiger partial charge in [0.2, 0.25) is 0 Å². The summed E-state index contributed by atoms with van der Waals surface area (Å²) in [6.07, 6.45) is 3.41. The SMILES string of the molecule is N#Cc1cc(Nc2cc(NCc3cc(F)cc(F)c3)c(C(N)=O)cn2)ccc1N1CCC(N2CCOCC2)CC1. The van der Waals surface area contributed by atoms with Crippen LogP contribution in [0.3, 0.4) is 0 Å². The van der Waals surface area contributed by atoms with E-state index < -0.39 is 17.5 Å². The molecule has 40 heavy (non-hydrogen) atoms. The maximum Gasteiger partial charge on any atom is 0.252 e. The van der Waals surface area contributed by atoms with E-state index in [0.29, 0.717) is 34.4 Å². The summed E-state index contributed by atoms with van der Waals surface area (Å²) in [5, 5.41) is 16.1. The van der Waals surface area contributed by atoms with Gasteiger partial charge in [0.05, 0.1) is 35.7 Å². The zero-order chi connectivity index (χ0) is 28.1. The van der Waals surface area contributed by atoms with Gasteiger partial charge < -0.3 is 26.0 Å². The minimum atomic E-state index is -0.694. The normalized spacial score (nSPS) is 16.4. The first-order valence-corrected chi connectivity index (χ1v) is 13.3. The van der Waals surface area contributed by atoms with Crippen LogP contribution in [-0.4, -0.2) is 61.2 Å². The van der Waals surface area contributed by atoms with Crippen molar-refractivity contribution in [3.8, 4) is 6.07 Å². The van der Waals surface area contributed by atoms with Crippen molar-refractivity contribution < 1.29 is 18.3 Å². The maximum atomic E-state index is 13.6. The number of hydrogen-bond acceptors (Lipinski definition) is 8. The van der Waals surface area contributed by atoms with Crippen molar-refractivity contribution in [2.75, 3.05) is 54.9 Å². The Morgan fingerprint density at radius 3 is 2.48 bits per heavy atom. The summed E-state index contributed by atoms with van der Waals surface area (Å²) < 4.78 is 32.6. The highest BCUT2D eigenvalue weighted by molar-refractivity contribution is 5.98. The third-order valence-electron chi connectivity index (χ3n) is 7.33. The molecule has 0 radical (unpaired) electrons. The number of piperidine rings is 1. The Bertz CT molecular complexity index is 1390. The molecule has 2 saturated heterocycles. The molecule has 0 saturated carbocycles. The number of hydrogen-bond donors (Lipinski definition) is 3. The summed E-state index contributed by atoms with van der Waals surface area (Å²) in [6, 6.07) is 13.2. The number of nitrogens with one attached hydrogen (secondary N) is 2. The van der Waals surface area contributed by atoms with Crippen molar-refractivity contribution >= 4 is 28.8 Å². The van der Waals surface area contributed by atoms with Crippen LogP contribution in [0.25, 0.3) is 0 Å². The van der Waals surface area contributed by atoms with Gasteiger partial charge in [0.1, 0.15) is 23.5 Å². The van der Waals surface area contributed by atoms with Gasteiger partial charge in [-0.1, -0.05) is 0 Å². The number of morpholine rings is 1. The standard InChI is InChI=1S/C29H31F2N7O2/c30-21-11-19(12-22(31)14-21)17-34-26-15-28(35-18-25(26)29(33)39)36-23-1-2-27(20(13-23)16-32)38-5-3-24(4-6-38)37-7-9-40-10-8-37/h1-2,11-15,18,24H,3-10,17H2,(H2,33,39)(H2,34,35,36). The Hall–Kier alpha value is -4.27. The number of carbonyl (C=O) groups is 1. The van der Waals surface area contributed by atoms with Gasteiger partial charge in [-0.2, -0.15) is 5.26 Å². The molecule has 2 aromatic carbocycles. The van der Waals surface area contributed by atoms with E-state index in [1.54, 1.807) is 12.1 Å². The smallest absolute Gasteiger partial charge is 0.252 e. The number of rotatable bonds is 8. The van der Waals surface area contributed by atoms with E-state index in [-0.39, 0.29) is 12.1 Å². The van der Waals surface area contributed by atoms with E-state index in [1.807, 2.05) is 12.1 Å². The van der Waals surface area contributed by atoms with Crippen molar-refractivity contribution in [2.24, 2.45) is 5.73 Å². The summed E-state index contributed by atoms with van der Waals surface area (Å²) in [7, 11) is 0. The largest absolute Gasteiger partial charge is 0.380 e. The molecular formula is C29H31F2N7O2. The van der Waals surface area contributed by atoms with Crippen molar-refractivity contribution in [1.29, 1.82) is 5.26 Å².